The average Bonchev–Trinajstić information content (AvgIpc) is 2.07. The molecule has 2 N–H and O–H groups in total. The summed E-state index contributed by atoms with van der Waals surface area (Å²) in [6, 6.07) is 7.98. The summed E-state index contributed by atoms with van der Waals surface area (Å²) in [5.41, 5.74) is 8.31. The van der Waals surface area contributed by atoms with Gasteiger partial charge in [0.25, 0.3) is 0 Å². The van der Waals surface area contributed by atoms with Gasteiger partial charge in [0.2, 0.25) is 0 Å². The molecular weight excluding hydrogens is 194 g/mol. The van der Waals surface area contributed by atoms with E-state index in [0.717, 1.165) is 23.4 Å². The van der Waals surface area contributed by atoms with Crippen molar-refractivity contribution in [3.8, 4) is 0 Å². The van der Waals surface area contributed by atoms with Crippen LogP contribution in [0.15, 0.2) is 36.4 Å². The third kappa shape index (κ3) is 3.95. The van der Waals surface area contributed by atoms with Crippen LogP contribution in [-0.2, 0) is 6.42 Å². The molecule has 1 aromatic rings. The molecular formula is C12H16ClN. The Morgan fingerprint density at radius 3 is 2.50 bits per heavy atom. The Bertz CT molecular complexity index is 303. The van der Waals surface area contributed by atoms with E-state index in [1.54, 1.807) is 0 Å². The molecule has 0 radical (unpaired) electrons. The Hall–Kier alpha value is -0.790. The number of halogens is 1. The molecule has 0 aliphatic rings. The molecule has 1 unspecified atom stereocenters. The lowest BCUT2D eigenvalue weighted by atomic mass is 10.0. The van der Waals surface area contributed by atoms with Crippen molar-refractivity contribution in [2.24, 2.45) is 5.73 Å². The van der Waals surface area contributed by atoms with Crippen molar-refractivity contribution in [2.45, 2.75) is 25.8 Å². The first kappa shape index (κ1) is 11.3. The fraction of sp³-hybridized carbons (Fsp3) is 0.333. The van der Waals surface area contributed by atoms with Gasteiger partial charge in [-0.1, -0.05) is 29.3 Å². The molecule has 0 saturated carbocycles. The lowest BCUT2D eigenvalue weighted by molar-refractivity contribution is 0.661. The van der Waals surface area contributed by atoms with Gasteiger partial charge in [-0.25, -0.2) is 0 Å². The minimum atomic E-state index is 0.161. The predicted molar refractivity (Wildman–Crippen MR) is 62.6 cm³/mol. The zero-order valence-corrected chi connectivity index (χ0v) is 9.22. The zero-order chi connectivity index (χ0) is 10.6. The van der Waals surface area contributed by atoms with E-state index >= 15 is 0 Å². The van der Waals surface area contributed by atoms with Gasteiger partial charge in [0, 0.05) is 11.1 Å². The molecule has 0 amide bonds. The van der Waals surface area contributed by atoms with E-state index < -0.39 is 0 Å². The normalized spacial score (nSPS) is 12.5. The molecule has 0 bridgehead atoms. The van der Waals surface area contributed by atoms with E-state index in [-0.39, 0.29) is 6.04 Å². The molecule has 0 heterocycles. The van der Waals surface area contributed by atoms with E-state index in [0.29, 0.717) is 0 Å². The number of nitrogens with two attached hydrogens (primary N) is 1. The standard InChI is InChI=1S/C12H16ClN/c1-9(2)7-12(14)8-10-3-5-11(13)6-4-10/h3-6,12H,1,7-8,14H2,2H3. The summed E-state index contributed by atoms with van der Waals surface area (Å²) in [5.74, 6) is 0. The summed E-state index contributed by atoms with van der Waals surface area (Å²) in [4.78, 5) is 0. The third-order valence-corrected chi connectivity index (χ3v) is 2.27. The molecule has 1 nitrogen and oxygen atoms in total. The second-order valence-electron chi connectivity index (χ2n) is 3.75. The molecule has 1 aromatic carbocycles. The average molecular weight is 210 g/mol. The van der Waals surface area contributed by atoms with Crippen molar-refractivity contribution in [1.82, 2.24) is 0 Å². The van der Waals surface area contributed by atoms with Crippen molar-refractivity contribution >= 4 is 11.6 Å². The number of hydrogen-bond donors (Lipinski definition) is 1. The van der Waals surface area contributed by atoms with Crippen LogP contribution in [-0.4, -0.2) is 6.04 Å². The monoisotopic (exact) mass is 209 g/mol. The fourth-order valence-corrected chi connectivity index (χ4v) is 1.57. The molecule has 0 saturated heterocycles. The maximum absolute atomic E-state index is 5.95. The van der Waals surface area contributed by atoms with Crippen molar-refractivity contribution in [3.05, 3.63) is 47.0 Å². The number of benzene rings is 1. The predicted octanol–water partition coefficient (Wildman–Crippen LogP) is 3.18. The van der Waals surface area contributed by atoms with Crippen molar-refractivity contribution in [2.75, 3.05) is 0 Å². The SMILES string of the molecule is C=C(C)CC(N)Cc1ccc(Cl)cc1. The minimum Gasteiger partial charge on any atom is -0.327 e. The van der Waals surface area contributed by atoms with Crippen LogP contribution in [0.4, 0.5) is 0 Å². The van der Waals surface area contributed by atoms with Gasteiger partial charge in [-0.15, -0.1) is 6.58 Å². The largest absolute Gasteiger partial charge is 0.327 e. The van der Waals surface area contributed by atoms with Gasteiger partial charge in [0.05, 0.1) is 0 Å². The van der Waals surface area contributed by atoms with Gasteiger partial charge in [0.15, 0.2) is 0 Å². The molecule has 0 spiro atoms. The lowest BCUT2D eigenvalue weighted by Crippen LogP contribution is -2.22. The first-order valence-corrected chi connectivity index (χ1v) is 5.10. The highest BCUT2D eigenvalue weighted by molar-refractivity contribution is 6.30. The first-order chi connectivity index (χ1) is 6.58. The Kier molecular flexibility index (Phi) is 4.18. The summed E-state index contributed by atoms with van der Waals surface area (Å²) in [5, 5.41) is 0.766. The Morgan fingerprint density at radius 1 is 1.43 bits per heavy atom. The second kappa shape index (κ2) is 5.18. The van der Waals surface area contributed by atoms with Crippen LogP contribution >= 0.6 is 11.6 Å². The van der Waals surface area contributed by atoms with Crippen LogP contribution in [0.1, 0.15) is 18.9 Å². The van der Waals surface area contributed by atoms with Gasteiger partial charge in [-0.3, -0.25) is 0 Å². The Labute approximate surface area is 90.6 Å². The van der Waals surface area contributed by atoms with Crippen LogP contribution in [0.3, 0.4) is 0 Å². The van der Waals surface area contributed by atoms with Crippen molar-refractivity contribution in [1.29, 1.82) is 0 Å². The highest BCUT2D eigenvalue weighted by Gasteiger charge is 2.03. The van der Waals surface area contributed by atoms with Gasteiger partial charge >= 0.3 is 0 Å². The summed E-state index contributed by atoms with van der Waals surface area (Å²) in [6.45, 7) is 5.85. The summed E-state index contributed by atoms with van der Waals surface area (Å²) >= 11 is 5.79. The molecule has 0 aliphatic carbocycles. The third-order valence-electron chi connectivity index (χ3n) is 2.02. The van der Waals surface area contributed by atoms with Crippen LogP contribution in [0, 0.1) is 0 Å². The van der Waals surface area contributed by atoms with Crippen LogP contribution in [0.2, 0.25) is 5.02 Å². The molecule has 0 fully saturated rings. The van der Waals surface area contributed by atoms with Gasteiger partial charge in [-0.2, -0.15) is 0 Å². The molecule has 2 heteroatoms. The number of hydrogen-bond acceptors (Lipinski definition) is 1. The molecule has 1 rings (SSSR count). The highest BCUT2D eigenvalue weighted by atomic mass is 35.5. The summed E-state index contributed by atoms with van der Waals surface area (Å²) < 4.78 is 0. The van der Waals surface area contributed by atoms with Crippen LogP contribution in [0.5, 0.6) is 0 Å². The van der Waals surface area contributed by atoms with Crippen molar-refractivity contribution in [3.63, 3.8) is 0 Å². The van der Waals surface area contributed by atoms with E-state index in [1.807, 2.05) is 31.2 Å². The smallest absolute Gasteiger partial charge is 0.0406 e. The minimum absolute atomic E-state index is 0.161. The zero-order valence-electron chi connectivity index (χ0n) is 8.46. The summed E-state index contributed by atoms with van der Waals surface area (Å²) in [6.07, 6.45) is 1.76. The van der Waals surface area contributed by atoms with Crippen LogP contribution < -0.4 is 5.73 Å². The highest BCUT2D eigenvalue weighted by Crippen LogP contribution is 2.12. The second-order valence-corrected chi connectivity index (χ2v) is 4.19. The maximum atomic E-state index is 5.95. The molecule has 1 atom stereocenters. The van der Waals surface area contributed by atoms with Crippen molar-refractivity contribution < 1.29 is 0 Å². The van der Waals surface area contributed by atoms with Gasteiger partial charge in [0.1, 0.15) is 0 Å². The molecule has 14 heavy (non-hydrogen) atoms. The lowest BCUT2D eigenvalue weighted by Gasteiger charge is -2.11. The van der Waals surface area contributed by atoms with E-state index in [1.165, 1.54) is 5.56 Å². The van der Waals surface area contributed by atoms with E-state index in [4.69, 9.17) is 17.3 Å². The molecule has 0 aliphatic heterocycles. The van der Waals surface area contributed by atoms with Gasteiger partial charge in [-0.05, 0) is 37.5 Å². The first-order valence-electron chi connectivity index (χ1n) is 4.72. The van der Waals surface area contributed by atoms with E-state index in [2.05, 4.69) is 6.58 Å². The van der Waals surface area contributed by atoms with Gasteiger partial charge < -0.3 is 5.73 Å². The quantitative estimate of drug-likeness (QED) is 0.758. The molecule has 0 aromatic heterocycles. The maximum Gasteiger partial charge on any atom is 0.0406 e. The van der Waals surface area contributed by atoms with Crippen LogP contribution in [0.25, 0.3) is 0 Å². The Balaban J connectivity index is 2.51. The fourth-order valence-electron chi connectivity index (χ4n) is 1.44. The molecule has 76 valence electrons. The summed E-state index contributed by atoms with van der Waals surface area (Å²) in [7, 11) is 0. The topological polar surface area (TPSA) is 26.0 Å². The Morgan fingerprint density at radius 2 is 2.00 bits per heavy atom. The van der Waals surface area contributed by atoms with E-state index in [9.17, 15) is 0 Å². The number of rotatable bonds is 4.